The van der Waals surface area contributed by atoms with Crippen LogP contribution < -0.4 is 16.5 Å². The fraction of sp³-hybridized carbons (Fsp3) is 0.500. The second-order valence-corrected chi connectivity index (χ2v) is 3.35. The molecule has 1 saturated heterocycles. The molecule has 0 aliphatic carbocycles. The number of primary amides is 1. The summed E-state index contributed by atoms with van der Waals surface area (Å²) in [5, 5.41) is 5.99. The second-order valence-electron chi connectivity index (χ2n) is 3.35. The molecule has 0 spiro atoms. The number of carbonyl (C=O) groups is 3. The number of hydrogen-bond acceptors (Lipinski definition) is 4. The summed E-state index contributed by atoms with van der Waals surface area (Å²) < 4.78 is 0. The smallest absolute Gasteiger partial charge is 0.332 e. The van der Waals surface area contributed by atoms with Crippen molar-refractivity contribution in [1.82, 2.24) is 15.6 Å². The van der Waals surface area contributed by atoms with Gasteiger partial charge >= 0.3 is 12.1 Å². The Balaban J connectivity index is 2.87. The van der Waals surface area contributed by atoms with Gasteiger partial charge in [-0.3, -0.25) is 9.69 Å². The average molecular weight is 227 g/mol. The number of nitrogens with two attached hydrogens (primary N) is 1. The standard InChI is InChI=1S/C8H13N5O3/c1-3-8(4-10-12-6(9)15)5(14)13(2)7(16)11-8/h4H,3H2,1-2H3,(H,11,16)(H3,9,12,15). The molecule has 5 amide bonds. The van der Waals surface area contributed by atoms with E-state index in [1.165, 1.54) is 13.3 Å². The zero-order valence-corrected chi connectivity index (χ0v) is 8.98. The predicted octanol–water partition coefficient (Wildman–Crippen LogP) is -1.03. The van der Waals surface area contributed by atoms with Gasteiger partial charge in [0, 0.05) is 7.05 Å². The van der Waals surface area contributed by atoms with Crippen LogP contribution in [0.15, 0.2) is 5.10 Å². The molecule has 16 heavy (non-hydrogen) atoms. The van der Waals surface area contributed by atoms with Crippen LogP contribution in [0, 0.1) is 0 Å². The van der Waals surface area contributed by atoms with Gasteiger partial charge < -0.3 is 11.1 Å². The van der Waals surface area contributed by atoms with Crippen molar-refractivity contribution in [2.24, 2.45) is 10.8 Å². The maximum atomic E-state index is 11.8. The molecule has 1 rings (SSSR count). The molecule has 0 aromatic heterocycles. The maximum Gasteiger partial charge on any atom is 0.332 e. The molecule has 0 saturated carbocycles. The lowest BCUT2D eigenvalue weighted by Crippen LogP contribution is -2.48. The number of hydrazone groups is 1. The zero-order valence-electron chi connectivity index (χ0n) is 8.98. The number of likely N-dealkylation sites (N-methyl/N-ethyl adjacent to an activating group) is 1. The van der Waals surface area contributed by atoms with E-state index in [1.807, 2.05) is 5.43 Å². The first kappa shape index (κ1) is 12.0. The average Bonchev–Trinajstić information content (AvgIpc) is 2.43. The number of rotatable bonds is 3. The molecule has 4 N–H and O–H groups in total. The predicted molar refractivity (Wildman–Crippen MR) is 55.5 cm³/mol. The van der Waals surface area contributed by atoms with Gasteiger partial charge in [0.15, 0.2) is 5.54 Å². The van der Waals surface area contributed by atoms with E-state index in [4.69, 9.17) is 5.73 Å². The van der Waals surface area contributed by atoms with Gasteiger partial charge in [-0.15, -0.1) is 0 Å². The van der Waals surface area contributed by atoms with Crippen LogP contribution in [-0.4, -0.2) is 41.7 Å². The summed E-state index contributed by atoms with van der Waals surface area (Å²) in [4.78, 5) is 34.4. The first-order valence-corrected chi connectivity index (χ1v) is 4.63. The summed E-state index contributed by atoms with van der Waals surface area (Å²) in [5.41, 5.74) is 5.57. The van der Waals surface area contributed by atoms with Gasteiger partial charge in [0.25, 0.3) is 5.91 Å². The Kier molecular flexibility index (Phi) is 3.11. The molecular weight excluding hydrogens is 214 g/mol. The SMILES string of the molecule is CCC1(C=NNC(N)=O)NC(=O)N(C)C1=O. The van der Waals surface area contributed by atoms with Crippen LogP contribution in [0.2, 0.25) is 0 Å². The molecule has 0 bridgehead atoms. The molecule has 0 aromatic rings. The van der Waals surface area contributed by atoms with E-state index in [1.54, 1.807) is 6.92 Å². The first-order chi connectivity index (χ1) is 7.43. The highest BCUT2D eigenvalue weighted by molar-refractivity contribution is 6.16. The van der Waals surface area contributed by atoms with E-state index >= 15 is 0 Å². The summed E-state index contributed by atoms with van der Waals surface area (Å²) >= 11 is 0. The number of urea groups is 2. The molecule has 1 fully saturated rings. The van der Waals surface area contributed by atoms with Crippen molar-refractivity contribution in [2.45, 2.75) is 18.9 Å². The molecule has 8 nitrogen and oxygen atoms in total. The normalized spacial score (nSPS) is 25.0. The molecule has 1 aliphatic rings. The lowest BCUT2D eigenvalue weighted by molar-refractivity contribution is -0.128. The van der Waals surface area contributed by atoms with Crippen LogP contribution in [-0.2, 0) is 4.79 Å². The summed E-state index contributed by atoms with van der Waals surface area (Å²) in [7, 11) is 1.37. The van der Waals surface area contributed by atoms with Crippen molar-refractivity contribution in [1.29, 1.82) is 0 Å². The Morgan fingerprint density at radius 2 is 2.31 bits per heavy atom. The third-order valence-corrected chi connectivity index (χ3v) is 2.34. The van der Waals surface area contributed by atoms with Gasteiger partial charge in [-0.25, -0.2) is 15.0 Å². The highest BCUT2D eigenvalue weighted by atomic mass is 16.2. The third kappa shape index (κ3) is 1.95. The van der Waals surface area contributed by atoms with Gasteiger partial charge in [-0.05, 0) is 6.42 Å². The summed E-state index contributed by atoms with van der Waals surface area (Å²) in [6.45, 7) is 1.72. The van der Waals surface area contributed by atoms with E-state index in [2.05, 4.69) is 10.4 Å². The van der Waals surface area contributed by atoms with Crippen molar-refractivity contribution in [3.8, 4) is 0 Å². The van der Waals surface area contributed by atoms with Crippen molar-refractivity contribution < 1.29 is 14.4 Å². The van der Waals surface area contributed by atoms with E-state index in [0.29, 0.717) is 6.42 Å². The Labute approximate surface area is 91.8 Å². The number of hydrogen-bond donors (Lipinski definition) is 3. The van der Waals surface area contributed by atoms with Crippen LogP contribution in [0.3, 0.4) is 0 Å². The third-order valence-electron chi connectivity index (χ3n) is 2.34. The summed E-state index contributed by atoms with van der Waals surface area (Å²) in [5.74, 6) is -0.421. The van der Waals surface area contributed by atoms with Gasteiger partial charge in [0.2, 0.25) is 0 Å². The Morgan fingerprint density at radius 3 is 2.69 bits per heavy atom. The molecule has 1 heterocycles. The number of carbonyl (C=O) groups excluding carboxylic acids is 3. The Morgan fingerprint density at radius 1 is 1.69 bits per heavy atom. The monoisotopic (exact) mass is 227 g/mol. The zero-order chi connectivity index (χ0) is 12.3. The van der Waals surface area contributed by atoms with Gasteiger partial charge in [-0.1, -0.05) is 6.92 Å². The molecular formula is C8H13N5O3. The minimum absolute atomic E-state index is 0.325. The highest BCUT2D eigenvalue weighted by Gasteiger charge is 2.47. The van der Waals surface area contributed by atoms with Crippen molar-refractivity contribution in [2.75, 3.05) is 7.05 Å². The Hall–Kier alpha value is -2.12. The van der Waals surface area contributed by atoms with E-state index in [9.17, 15) is 14.4 Å². The van der Waals surface area contributed by atoms with Crippen LogP contribution >= 0.6 is 0 Å². The van der Waals surface area contributed by atoms with Crippen LogP contribution in [0.5, 0.6) is 0 Å². The quantitative estimate of drug-likeness (QED) is 0.325. The second kappa shape index (κ2) is 4.17. The molecule has 88 valence electrons. The number of amides is 5. The highest BCUT2D eigenvalue weighted by Crippen LogP contribution is 2.18. The lowest BCUT2D eigenvalue weighted by atomic mass is 9.98. The van der Waals surface area contributed by atoms with Crippen LogP contribution in [0.25, 0.3) is 0 Å². The maximum absolute atomic E-state index is 11.8. The fourth-order valence-electron chi connectivity index (χ4n) is 1.34. The van der Waals surface area contributed by atoms with E-state index in [-0.39, 0.29) is 0 Å². The number of imide groups is 1. The number of nitrogens with zero attached hydrogens (tertiary/aromatic N) is 2. The Bertz CT molecular complexity index is 367. The number of nitrogens with one attached hydrogen (secondary N) is 2. The van der Waals surface area contributed by atoms with Crippen molar-refractivity contribution >= 4 is 24.2 Å². The van der Waals surface area contributed by atoms with Gasteiger partial charge in [0.05, 0.1) is 6.21 Å². The molecule has 1 atom stereocenters. The van der Waals surface area contributed by atoms with Crippen molar-refractivity contribution in [3.63, 3.8) is 0 Å². The van der Waals surface area contributed by atoms with Crippen LogP contribution in [0.4, 0.5) is 9.59 Å². The summed E-state index contributed by atoms with van der Waals surface area (Å²) in [6.07, 6.45) is 1.49. The fourth-order valence-corrected chi connectivity index (χ4v) is 1.34. The summed E-state index contributed by atoms with van der Waals surface area (Å²) in [6, 6.07) is -1.34. The minimum atomic E-state index is -1.20. The molecule has 1 unspecified atom stereocenters. The van der Waals surface area contributed by atoms with E-state index in [0.717, 1.165) is 4.90 Å². The largest absolute Gasteiger partial charge is 0.350 e. The van der Waals surface area contributed by atoms with Gasteiger partial charge in [0.1, 0.15) is 0 Å². The first-order valence-electron chi connectivity index (χ1n) is 4.63. The van der Waals surface area contributed by atoms with Crippen molar-refractivity contribution in [3.05, 3.63) is 0 Å². The minimum Gasteiger partial charge on any atom is -0.350 e. The van der Waals surface area contributed by atoms with Crippen LogP contribution in [0.1, 0.15) is 13.3 Å². The lowest BCUT2D eigenvalue weighted by Gasteiger charge is -2.18. The topological polar surface area (TPSA) is 117 Å². The molecule has 0 aromatic carbocycles. The molecule has 8 heteroatoms. The molecule has 1 aliphatic heterocycles. The van der Waals surface area contributed by atoms with Gasteiger partial charge in [-0.2, -0.15) is 5.10 Å². The molecule has 0 radical (unpaired) electrons. The van der Waals surface area contributed by atoms with E-state index < -0.39 is 23.5 Å².